The van der Waals surface area contributed by atoms with Gasteiger partial charge in [0.25, 0.3) is 15.9 Å². The zero-order valence-electron chi connectivity index (χ0n) is 26.8. The number of aryl methyl sites for hydroxylation is 1. The number of aliphatic hydroxyl groups is 1. The molecule has 0 aliphatic carbocycles. The van der Waals surface area contributed by atoms with Gasteiger partial charge in [0.05, 0.1) is 36.7 Å². The van der Waals surface area contributed by atoms with Crippen molar-refractivity contribution in [2.75, 3.05) is 38.1 Å². The number of imidazole rings is 1. The van der Waals surface area contributed by atoms with Gasteiger partial charge in [0.15, 0.2) is 5.03 Å². The van der Waals surface area contributed by atoms with Crippen molar-refractivity contribution < 1.29 is 27.8 Å². The van der Waals surface area contributed by atoms with Crippen LogP contribution < -0.4 is 9.46 Å². The van der Waals surface area contributed by atoms with Crippen molar-refractivity contribution in [3.63, 3.8) is 0 Å². The molecule has 1 aliphatic heterocycles. The van der Waals surface area contributed by atoms with Crippen molar-refractivity contribution in [1.29, 1.82) is 0 Å². The second-order valence-electron chi connectivity index (χ2n) is 12.0. The zero-order chi connectivity index (χ0) is 32.6. The third kappa shape index (κ3) is 9.49. The Kier molecular flexibility index (Phi) is 12.0. The molecule has 1 amide bonds. The minimum atomic E-state index is -3.99. The molecule has 1 aliphatic rings. The van der Waals surface area contributed by atoms with Gasteiger partial charge in [-0.25, -0.2) is 4.98 Å². The van der Waals surface area contributed by atoms with E-state index < -0.39 is 16.1 Å². The number of amides is 1. The first kappa shape index (κ1) is 34.4. The van der Waals surface area contributed by atoms with Crippen LogP contribution in [0.4, 0.5) is 5.69 Å². The Morgan fingerprint density at radius 3 is 2.62 bits per heavy atom. The lowest BCUT2D eigenvalue weighted by atomic mass is 10.0. The largest absolute Gasteiger partial charge is 0.490 e. The Hall–Kier alpha value is -3.52. The summed E-state index contributed by atoms with van der Waals surface area (Å²) in [5, 5.41) is 10.1. The molecule has 4 atom stereocenters. The predicted octanol–water partition coefficient (Wildman–Crippen LogP) is 3.54. The number of anilines is 1. The molecule has 0 saturated heterocycles. The topological polar surface area (TPSA) is 139 Å². The summed E-state index contributed by atoms with van der Waals surface area (Å²) < 4.78 is 42.8. The second kappa shape index (κ2) is 15.7. The number of hydrogen-bond donors (Lipinski definition) is 2. The standard InChI is InChI=1S/C32H46N6O6S/c1-23-17-38(24(2)21-39)32(40)28-16-27(35-45(41,42)31-20-37(5)22-34-31)9-10-29(28)44-25(3)8-6-7-15-43-30(23)19-36(4)18-26-11-13-33-14-12-26/h9-14,16,20,22-25,30,35,39H,6-8,15,17-19,21H2,1-5H3/t23-,24+,25+,30+/m1/s1. The molecule has 3 aromatic rings. The number of ether oxygens (including phenoxy) is 2. The van der Waals surface area contributed by atoms with E-state index in [1.807, 2.05) is 26.1 Å². The van der Waals surface area contributed by atoms with Gasteiger partial charge in [-0.1, -0.05) is 6.92 Å². The molecular weight excluding hydrogens is 596 g/mol. The lowest BCUT2D eigenvalue weighted by molar-refractivity contribution is -0.0177. The van der Waals surface area contributed by atoms with Crippen LogP contribution in [0.15, 0.2) is 60.3 Å². The van der Waals surface area contributed by atoms with E-state index in [1.165, 1.54) is 18.6 Å². The smallest absolute Gasteiger partial charge is 0.280 e. The minimum absolute atomic E-state index is 0.0834. The van der Waals surface area contributed by atoms with Gasteiger partial charge in [-0.15, -0.1) is 0 Å². The fraction of sp³-hybridized carbons (Fsp3) is 0.531. The number of pyridine rings is 1. The summed E-state index contributed by atoms with van der Waals surface area (Å²) in [6, 6.07) is 8.16. The Bertz CT molecular complexity index is 1500. The highest BCUT2D eigenvalue weighted by Gasteiger charge is 2.31. The fourth-order valence-corrected chi connectivity index (χ4v) is 6.39. The number of carbonyl (C=O) groups excluding carboxylic acids is 1. The summed E-state index contributed by atoms with van der Waals surface area (Å²) in [7, 11) is -0.266. The van der Waals surface area contributed by atoms with E-state index >= 15 is 0 Å². The van der Waals surface area contributed by atoms with Gasteiger partial charge in [0.1, 0.15) is 5.75 Å². The van der Waals surface area contributed by atoms with Crippen molar-refractivity contribution in [2.45, 2.75) is 69.9 Å². The van der Waals surface area contributed by atoms with Gasteiger partial charge < -0.3 is 24.0 Å². The number of fused-ring (bicyclic) bond motifs is 1. The molecule has 246 valence electrons. The van der Waals surface area contributed by atoms with Gasteiger partial charge >= 0.3 is 0 Å². The molecule has 45 heavy (non-hydrogen) atoms. The summed E-state index contributed by atoms with van der Waals surface area (Å²) in [6.07, 6.45) is 8.49. The molecule has 1 aromatic carbocycles. The molecule has 0 radical (unpaired) electrons. The second-order valence-corrected chi connectivity index (χ2v) is 13.7. The lowest BCUT2D eigenvalue weighted by Crippen LogP contribution is -2.47. The summed E-state index contributed by atoms with van der Waals surface area (Å²) in [5.74, 6) is -0.0941. The van der Waals surface area contributed by atoms with Crippen molar-refractivity contribution in [2.24, 2.45) is 13.0 Å². The number of carbonyl (C=O) groups is 1. The van der Waals surface area contributed by atoms with E-state index in [0.29, 0.717) is 25.4 Å². The van der Waals surface area contributed by atoms with Crippen LogP contribution in [-0.4, -0.2) is 95.4 Å². The van der Waals surface area contributed by atoms with Gasteiger partial charge in [-0.05, 0) is 76.1 Å². The van der Waals surface area contributed by atoms with Gasteiger partial charge in [0, 0.05) is 63.5 Å². The number of likely N-dealkylation sites (N-methyl/N-ethyl adjacent to an activating group) is 1. The number of aromatic nitrogens is 3. The first-order valence-corrected chi connectivity index (χ1v) is 16.9. The Morgan fingerprint density at radius 2 is 1.93 bits per heavy atom. The molecule has 2 N–H and O–H groups in total. The SMILES string of the molecule is C[C@@H]1CN([C@@H](C)CO)C(=O)c2cc(NS(=O)(=O)c3cn(C)cn3)ccc2O[C@@H](C)CCCCO[C@H]1CN(C)Cc1ccncc1. The van der Waals surface area contributed by atoms with Crippen LogP contribution in [0.2, 0.25) is 0 Å². The molecule has 0 bridgehead atoms. The van der Waals surface area contributed by atoms with E-state index in [0.717, 1.165) is 31.4 Å². The van der Waals surface area contributed by atoms with E-state index in [2.05, 4.69) is 26.5 Å². The third-order valence-electron chi connectivity index (χ3n) is 7.95. The zero-order valence-corrected chi connectivity index (χ0v) is 27.6. The van der Waals surface area contributed by atoms with Gasteiger partial charge in [-0.3, -0.25) is 19.4 Å². The first-order valence-electron chi connectivity index (χ1n) is 15.4. The first-order chi connectivity index (χ1) is 21.5. The maximum Gasteiger partial charge on any atom is 0.280 e. The minimum Gasteiger partial charge on any atom is -0.490 e. The lowest BCUT2D eigenvalue weighted by Gasteiger charge is -2.36. The maximum atomic E-state index is 14.3. The maximum absolute atomic E-state index is 14.3. The van der Waals surface area contributed by atoms with Crippen LogP contribution in [0.1, 0.15) is 56.0 Å². The quantitative estimate of drug-likeness (QED) is 0.359. The molecule has 2 aromatic heterocycles. The van der Waals surface area contributed by atoms with Crippen molar-refractivity contribution in [3.05, 3.63) is 66.4 Å². The summed E-state index contributed by atoms with van der Waals surface area (Å²) >= 11 is 0. The number of sulfonamides is 1. The van der Waals surface area contributed by atoms with E-state index in [1.54, 1.807) is 48.0 Å². The highest BCUT2D eigenvalue weighted by Crippen LogP contribution is 2.29. The van der Waals surface area contributed by atoms with Crippen molar-refractivity contribution in [1.82, 2.24) is 24.3 Å². The molecule has 0 saturated carbocycles. The van der Waals surface area contributed by atoms with Crippen LogP contribution >= 0.6 is 0 Å². The number of nitrogens with zero attached hydrogens (tertiary/aromatic N) is 5. The normalized spacial score (nSPS) is 21.1. The molecule has 3 heterocycles. The molecule has 0 unspecified atom stereocenters. The van der Waals surface area contributed by atoms with E-state index in [4.69, 9.17) is 9.47 Å². The molecule has 0 fully saturated rings. The van der Waals surface area contributed by atoms with E-state index in [9.17, 15) is 18.3 Å². The fourth-order valence-electron chi connectivity index (χ4n) is 5.36. The average Bonchev–Trinajstić information content (AvgIpc) is 3.46. The molecule has 4 rings (SSSR count). The van der Waals surface area contributed by atoms with Crippen LogP contribution in [0.25, 0.3) is 0 Å². The molecule has 13 heteroatoms. The number of rotatable bonds is 9. The average molecular weight is 643 g/mol. The number of hydrogen-bond acceptors (Lipinski definition) is 9. The number of aliphatic hydroxyl groups excluding tert-OH is 1. The van der Waals surface area contributed by atoms with E-state index in [-0.39, 0.29) is 46.9 Å². The van der Waals surface area contributed by atoms with Gasteiger partial charge in [-0.2, -0.15) is 8.42 Å². The Morgan fingerprint density at radius 1 is 1.18 bits per heavy atom. The number of nitrogens with one attached hydrogen (secondary N) is 1. The van der Waals surface area contributed by atoms with Crippen LogP contribution in [0.3, 0.4) is 0 Å². The molecule has 0 spiro atoms. The van der Waals surface area contributed by atoms with Crippen LogP contribution in [0, 0.1) is 5.92 Å². The summed E-state index contributed by atoms with van der Waals surface area (Å²) in [6.45, 7) is 7.82. The van der Waals surface area contributed by atoms with Crippen molar-refractivity contribution >= 4 is 21.6 Å². The number of benzene rings is 1. The van der Waals surface area contributed by atoms with Gasteiger partial charge in [0.2, 0.25) is 0 Å². The Balaban J connectivity index is 1.64. The Labute approximate surface area is 266 Å². The summed E-state index contributed by atoms with van der Waals surface area (Å²) in [4.78, 5) is 26.2. The molecular formula is C32H46N6O6S. The van der Waals surface area contributed by atoms with Crippen LogP contribution in [0.5, 0.6) is 5.75 Å². The highest BCUT2D eigenvalue weighted by atomic mass is 32.2. The van der Waals surface area contributed by atoms with Crippen LogP contribution in [-0.2, 0) is 28.4 Å². The summed E-state index contributed by atoms with van der Waals surface area (Å²) in [5.41, 5.74) is 1.56. The van der Waals surface area contributed by atoms with Crippen molar-refractivity contribution in [3.8, 4) is 5.75 Å². The molecule has 12 nitrogen and oxygen atoms in total. The third-order valence-corrected chi connectivity index (χ3v) is 9.22. The monoisotopic (exact) mass is 642 g/mol. The predicted molar refractivity (Wildman–Crippen MR) is 171 cm³/mol. The highest BCUT2D eigenvalue weighted by molar-refractivity contribution is 7.92.